The van der Waals surface area contributed by atoms with Crippen molar-refractivity contribution in [2.45, 2.75) is 13.3 Å². The average Bonchev–Trinajstić information content (AvgIpc) is 3.21. The number of benzene rings is 1. The predicted octanol–water partition coefficient (Wildman–Crippen LogP) is 1.88. The fourth-order valence-corrected chi connectivity index (χ4v) is 2.81. The quantitative estimate of drug-likeness (QED) is 0.752. The summed E-state index contributed by atoms with van der Waals surface area (Å²) >= 11 is 0. The molecule has 1 saturated heterocycles. The number of rotatable bonds is 4. The van der Waals surface area contributed by atoms with Gasteiger partial charge in [-0.05, 0) is 25.1 Å². The Bertz CT molecular complexity index is 895. The third-order valence-electron chi connectivity index (χ3n) is 4.04. The highest BCUT2D eigenvalue weighted by atomic mass is 16.5. The molecule has 0 spiro atoms. The number of morpholine rings is 1. The van der Waals surface area contributed by atoms with Gasteiger partial charge in [-0.1, -0.05) is 0 Å². The Morgan fingerprint density at radius 1 is 1.32 bits per heavy atom. The topological polar surface area (TPSA) is 96.3 Å². The maximum absolute atomic E-state index is 12.1. The second kappa shape index (κ2) is 6.56. The Kier molecular flexibility index (Phi) is 4.10. The van der Waals surface area contributed by atoms with Crippen LogP contribution in [0.3, 0.4) is 0 Å². The van der Waals surface area contributed by atoms with Crippen molar-refractivity contribution < 1.29 is 13.9 Å². The second-order valence-electron chi connectivity index (χ2n) is 6.05. The fraction of sp³-hybridized carbons (Fsp3) is 0.353. The van der Waals surface area contributed by atoms with E-state index >= 15 is 0 Å². The van der Waals surface area contributed by atoms with Crippen LogP contribution in [0, 0.1) is 6.92 Å². The average molecular weight is 341 g/mol. The number of hydrogen-bond acceptors (Lipinski definition) is 6. The van der Waals surface area contributed by atoms with Gasteiger partial charge in [0, 0.05) is 30.5 Å². The molecule has 2 aromatic heterocycles. The number of aromatic nitrogens is 3. The molecule has 25 heavy (non-hydrogen) atoms. The minimum atomic E-state index is -0.126. The number of amides is 1. The van der Waals surface area contributed by atoms with Crippen LogP contribution in [0.15, 0.2) is 28.7 Å². The lowest BCUT2D eigenvalue weighted by molar-refractivity contribution is -0.115. The number of aromatic amines is 1. The maximum atomic E-state index is 12.1. The van der Waals surface area contributed by atoms with Gasteiger partial charge in [0.2, 0.25) is 5.91 Å². The normalized spacial score (nSPS) is 14.8. The summed E-state index contributed by atoms with van der Waals surface area (Å²) in [5.41, 5.74) is 3.73. The molecule has 1 fully saturated rings. The van der Waals surface area contributed by atoms with E-state index in [1.807, 2.05) is 25.1 Å². The second-order valence-corrected chi connectivity index (χ2v) is 6.05. The van der Waals surface area contributed by atoms with Crippen molar-refractivity contribution in [1.29, 1.82) is 0 Å². The van der Waals surface area contributed by atoms with Gasteiger partial charge in [-0.25, -0.2) is 0 Å². The van der Waals surface area contributed by atoms with E-state index in [0.29, 0.717) is 36.2 Å². The molecule has 1 aliphatic heterocycles. The van der Waals surface area contributed by atoms with Crippen LogP contribution in [0.4, 0.5) is 11.7 Å². The third-order valence-corrected chi connectivity index (χ3v) is 4.04. The van der Waals surface area contributed by atoms with Crippen LogP contribution in [0.1, 0.15) is 11.4 Å². The number of aryl methyl sites for hydroxylation is 1. The summed E-state index contributed by atoms with van der Waals surface area (Å²) in [5, 5.41) is 9.77. The zero-order valence-corrected chi connectivity index (χ0v) is 13.9. The van der Waals surface area contributed by atoms with Gasteiger partial charge in [0.1, 0.15) is 5.52 Å². The summed E-state index contributed by atoms with van der Waals surface area (Å²) in [5.74, 6) is -0.126. The van der Waals surface area contributed by atoms with Crippen molar-refractivity contribution >= 4 is 28.7 Å². The van der Waals surface area contributed by atoms with E-state index in [1.54, 1.807) is 6.07 Å². The van der Waals surface area contributed by atoms with Gasteiger partial charge >= 0.3 is 0 Å². The van der Waals surface area contributed by atoms with Crippen LogP contribution < -0.4 is 10.2 Å². The van der Waals surface area contributed by atoms with Crippen LogP contribution in [0.5, 0.6) is 0 Å². The standard InChI is InChI=1S/C17H19N5O3/c1-11-8-13(21-20-11)10-16(23)18-12-2-3-14-15(9-12)25-17(19-14)22-4-6-24-7-5-22/h2-3,8-9H,4-7,10H2,1H3,(H,18,23)(H,20,21). The molecular formula is C17H19N5O3. The summed E-state index contributed by atoms with van der Waals surface area (Å²) in [6.07, 6.45) is 0.220. The molecular weight excluding hydrogens is 322 g/mol. The van der Waals surface area contributed by atoms with Gasteiger partial charge in [0.15, 0.2) is 5.58 Å². The van der Waals surface area contributed by atoms with Crippen molar-refractivity contribution in [3.05, 3.63) is 35.7 Å². The smallest absolute Gasteiger partial charge is 0.298 e. The van der Waals surface area contributed by atoms with Crippen LogP contribution >= 0.6 is 0 Å². The van der Waals surface area contributed by atoms with Gasteiger partial charge in [-0.15, -0.1) is 0 Å². The summed E-state index contributed by atoms with van der Waals surface area (Å²) in [4.78, 5) is 18.7. The summed E-state index contributed by atoms with van der Waals surface area (Å²) in [6.45, 7) is 4.77. The predicted molar refractivity (Wildman–Crippen MR) is 92.7 cm³/mol. The van der Waals surface area contributed by atoms with Crippen molar-refractivity contribution in [3.63, 3.8) is 0 Å². The number of ether oxygens (including phenoxy) is 1. The first-order chi connectivity index (χ1) is 12.2. The number of carbonyl (C=O) groups excluding carboxylic acids is 1. The Morgan fingerprint density at radius 3 is 2.92 bits per heavy atom. The Labute approximate surface area is 144 Å². The highest BCUT2D eigenvalue weighted by molar-refractivity contribution is 5.93. The number of oxazole rings is 1. The lowest BCUT2D eigenvalue weighted by Gasteiger charge is -2.24. The molecule has 0 aliphatic carbocycles. The lowest BCUT2D eigenvalue weighted by Crippen LogP contribution is -2.36. The monoisotopic (exact) mass is 341 g/mol. The lowest BCUT2D eigenvalue weighted by atomic mass is 10.2. The molecule has 0 unspecified atom stereocenters. The van der Waals surface area contributed by atoms with E-state index in [1.165, 1.54) is 0 Å². The number of H-pyrrole nitrogens is 1. The fourth-order valence-electron chi connectivity index (χ4n) is 2.81. The number of nitrogens with one attached hydrogen (secondary N) is 2. The van der Waals surface area contributed by atoms with Gasteiger partial charge in [-0.3, -0.25) is 9.89 Å². The number of hydrogen-bond donors (Lipinski definition) is 2. The Hall–Kier alpha value is -2.87. The van der Waals surface area contributed by atoms with Crippen LogP contribution in [-0.4, -0.2) is 47.4 Å². The molecule has 1 aromatic carbocycles. The molecule has 8 nitrogen and oxygen atoms in total. The molecule has 130 valence electrons. The van der Waals surface area contributed by atoms with Crippen molar-refractivity contribution in [3.8, 4) is 0 Å². The van der Waals surface area contributed by atoms with E-state index in [-0.39, 0.29) is 12.3 Å². The molecule has 0 bridgehead atoms. The Balaban J connectivity index is 1.47. The minimum absolute atomic E-state index is 0.126. The number of anilines is 2. The van der Waals surface area contributed by atoms with E-state index in [0.717, 1.165) is 24.3 Å². The largest absolute Gasteiger partial charge is 0.423 e. The first-order valence-corrected chi connectivity index (χ1v) is 8.21. The first kappa shape index (κ1) is 15.6. The first-order valence-electron chi connectivity index (χ1n) is 8.21. The minimum Gasteiger partial charge on any atom is -0.423 e. The summed E-state index contributed by atoms with van der Waals surface area (Å²) in [7, 11) is 0. The summed E-state index contributed by atoms with van der Waals surface area (Å²) < 4.78 is 11.2. The van der Waals surface area contributed by atoms with E-state index in [9.17, 15) is 4.79 Å². The number of nitrogens with zero attached hydrogens (tertiary/aromatic N) is 3. The zero-order valence-electron chi connectivity index (χ0n) is 13.9. The van der Waals surface area contributed by atoms with Gasteiger partial charge in [0.25, 0.3) is 6.01 Å². The van der Waals surface area contributed by atoms with E-state index in [2.05, 4.69) is 25.4 Å². The number of fused-ring (bicyclic) bond motifs is 1. The molecule has 1 aliphatic rings. The molecule has 0 radical (unpaired) electrons. The van der Waals surface area contributed by atoms with Crippen LogP contribution in [0.2, 0.25) is 0 Å². The van der Waals surface area contributed by atoms with Crippen molar-refractivity contribution in [1.82, 2.24) is 15.2 Å². The van der Waals surface area contributed by atoms with Gasteiger partial charge in [-0.2, -0.15) is 10.1 Å². The molecule has 4 rings (SSSR count). The molecule has 1 amide bonds. The van der Waals surface area contributed by atoms with Gasteiger partial charge < -0.3 is 19.4 Å². The zero-order chi connectivity index (χ0) is 17.2. The van der Waals surface area contributed by atoms with E-state index in [4.69, 9.17) is 9.15 Å². The molecule has 2 N–H and O–H groups in total. The van der Waals surface area contributed by atoms with Crippen molar-refractivity contribution in [2.24, 2.45) is 0 Å². The van der Waals surface area contributed by atoms with Crippen LogP contribution in [-0.2, 0) is 16.0 Å². The Morgan fingerprint density at radius 2 is 2.16 bits per heavy atom. The molecule has 8 heteroatoms. The molecule has 3 aromatic rings. The summed E-state index contributed by atoms with van der Waals surface area (Å²) in [6, 6.07) is 7.90. The maximum Gasteiger partial charge on any atom is 0.298 e. The molecule has 3 heterocycles. The molecule has 0 saturated carbocycles. The third kappa shape index (κ3) is 3.48. The highest BCUT2D eigenvalue weighted by Crippen LogP contribution is 2.25. The SMILES string of the molecule is Cc1cc(CC(=O)Nc2ccc3nc(N4CCOCC4)oc3c2)n[nH]1. The highest BCUT2D eigenvalue weighted by Gasteiger charge is 2.17. The molecule has 0 atom stereocenters. The van der Waals surface area contributed by atoms with Crippen molar-refractivity contribution in [2.75, 3.05) is 36.5 Å². The van der Waals surface area contributed by atoms with Gasteiger partial charge in [0.05, 0.1) is 25.3 Å². The van der Waals surface area contributed by atoms with Crippen LogP contribution in [0.25, 0.3) is 11.1 Å². The van der Waals surface area contributed by atoms with E-state index < -0.39 is 0 Å². The number of carbonyl (C=O) groups is 1.